The number of aliphatic carboxylic acids is 1. The maximum absolute atomic E-state index is 10.4. The standard InChI is InChI=1S/C14H27NO2/c1-12(2)7-10-15(11-8-13(3)4)9-5-6-14(16)17/h5-6,12-13H,7-11H2,1-4H3,(H,16,17)/b6-5+. The Morgan fingerprint density at radius 3 is 1.94 bits per heavy atom. The summed E-state index contributed by atoms with van der Waals surface area (Å²) in [5.41, 5.74) is 0. The quantitative estimate of drug-likeness (QED) is 0.631. The van der Waals surface area contributed by atoms with Gasteiger partial charge in [-0.3, -0.25) is 4.90 Å². The van der Waals surface area contributed by atoms with E-state index >= 15 is 0 Å². The fourth-order valence-electron chi connectivity index (χ4n) is 1.48. The molecule has 0 fully saturated rings. The molecule has 0 saturated carbocycles. The van der Waals surface area contributed by atoms with E-state index in [1.807, 2.05) is 0 Å². The molecule has 0 rings (SSSR count). The van der Waals surface area contributed by atoms with Gasteiger partial charge >= 0.3 is 5.97 Å². The predicted octanol–water partition coefficient (Wildman–Crippen LogP) is 3.02. The van der Waals surface area contributed by atoms with Crippen molar-refractivity contribution < 1.29 is 9.90 Å². The zero-order chi connectivity index (χ0) is 13.3. The van der Waals surface area contributed by atoms with Gasteiger partial charge in [0, 0.05) is 12.6 Å². The summed E-state index contributed by atoms with van der Waals surface area (Å²) in [7, 11) is 0. The Bertz CT molecular complexity index is 222. The lowest BCUT2D eigenvalue weighted by molar-refractivity contribution is -0.131. The molecule has 100 valence electrons. The fourth-order valence-corrected chi connectivity index (χ4v) is 1.48. The van der Waals surface area contributed by atoms with Crippen molar-refractivity contribution >= 4 is 5.97 Å². The van der Waals surface area contributed by atoms with Crippen LogP contribution in [0.1, 0.15) is 40.5 Å². The first kappa shape index (κ1) is 16.2. The van der Waals surface area contributed by atoms with Crippen molar-refractivity contribution in [2.24, 2.45) is 11.8 Å². The number of carboxylic acid groups (broad SMARTS) is 1. The molecule has 0 aromatic carbocycles. The highest BCUT2D eigenvalue weighted by molar-refractivity contribution is 5.79. The third-order valence-corrected chi connectivity index (χ3v) is 2.67. The van der Waals surface area contributed by atoms with Crippen LogP contribution >= 0.6 is 0 Å². The summed E-state index contributed by atoms with van der Waals surface area (Å²) in [4.78, 5) is 12.7. The largest absolute Gasteiger partial charge is 0.478 e. The molecule has 3 nitrogen and oxygen atoms in total. The minimum absolute atomic E-state index is 0.694. The van der Waals surface area contributed by atoms with Crippen molar-refractivity contribution in [2.75, 3.05) is 19.6 Å². The SMILES string of the molecule is CC(C)CCN(C/C=C/C(=O)O)CCC(C)C. The van der Waals surface area contributed by atoms with E-state index in [9.17, 15) is 4.79 Å². The molecule has 0 saturated heterocycles. The summed E-state index contributed by atoms with van der Waals surface area (Å²) in [6, 6.07) is 0. The highest BCUT2D eigenvalue weighted by Crippen LogP contribution is 2.06. The smallest absolute Gasteiger partial charge is 0.328 e. The van der Waals surface area contributed by atoms with Crippen LogP contribution in [0.3, 0.4) is 0 Å². The first-order valence-corrected chi connectivity index (χ1v) is 6.53. The molecule has 0 radical (unpaired) electrons. The van der Waals surface area contributed by atoms with Gasteiger partial charge in [0.25, 0.3) is 0 Å². The Morgan fingerprint density at radius 1 is 1.12 bits per heavy atom. The Hall–Kier alpha value is -0.830. The molecule has 0 aromatic heterocycles. The molecule has 0 aromatic rings. The van der Waals surface area contributed by atoms with Crippen LogP contribution in [0.4, 0.5) is 0 Å². The summed E-state index contributed by atoms with van der Waals surface area (Å²) in [5, 5.41) is 8.56. The number of hydrogen-bond acceptors (Lipinski definition) is 2. The molecule has 0 unspecified atom stereocenters. The molecule has 0 atom stereocenters. The molecule has 0 bridgehead atoms. The molecule has 0 aliphatic heterocycles. The van der Waals surface area contributed by atoms with Crippen molar-refractivity contribution in [3.63, 3.8) is 0 Å². The lowest BCUT2D eigenvalue weighted by atomic mass is 10.1. The van der Waals surface area contributed by atoms with Gasteiger partial charge in [0.1, 0.15) is 0 Å². The van der Waals surface area contributed by atoms with Crippen molar-refractivity contribution in [2.45, 2.75) is 40.5 Å². The van der Waals surface area contributed by atoms with Gasteiger partial charge in [0.15, 0.2) is 0 Å². The summed E-state index contributed by atoms with van der Waals surface area (Å²) in [5.74, 6) is 0.526. The second kappa shape index (κ2) is 9.23. The lowest BCUT2D eigenvalue weighted by Gasteiger charge is -2.22. The number of nitrogens with zero attached hydrogens (tertiary/aromatic N) is 1. The van der Waals surface area contributed by atoms with E-state index in [0.717, 1.165) is 19.6 Å². The van der Waals surface area contributed by atoms with E-state index in [2.05, 4.69) is 32.6 Å². The predicted molar refractivity (Wildman–Crippen MR) is 72.1 cm³/mol. The summed E-state index contributed by atoms with van der Waals surface area (Å²) >= 11 is 0. The topological polar surface area (TPSA) is 40.5 Å². The average Bonchev–Trinajstić information content (AvgIpc) is 2.20. The summed E-state index contributed by atoms with van der Waals surface area (Å²) in [6.07, 6.45) is 5.30. The summed E-state index contributed by atoms with van der Waals surface area (Å²) in [6.45, 7) is 11.7. The Morgan fingerprint density at radius 2 is 1.59 bits per heavy atom. The third-order valence-electron chi connectivity index (χ3n) is 2.67. The van der Waals surface area contributed by atoms with E-state index in [4.69, 9.17) is 5.11 Å². The van der Waals surface area contributed by atoms with Crippen molar-refractivity contribution in [3.05, 3.63) is 12.2 Å². The molecule has 0 aliphatic carbocycles. The molecule has 1 N–H and O–H groups in total. The van der Waals surface area contributed by atoms with Gasteiger partial charge in [-0.15, -0.1) is 0 Å². The fraction of sp³-hybridized carbons (Fsp3) is 0.786. The van der Waals surface area contributed by atoms with Crippen molar-refractivity contribution in [1.29, 1.82) is 0 Å². The van der Waals surface area contributed by atoms with E-state index in [1.165, 1.54) is 18.9 Å². The molecule has 17 heavy (non-hydrogen) atoms. The number of carboxylic acids is 1. The number of hydrogen-bond donors (Lipinski definition) is 1. The van der Waals surface area contributed by atoms with E-state index in [0.29, 0.717) is 11.8 Å². The van der Waals surface area contributed by atoms with E-state index < -0.39 is 5.97 Å². The lowest BCUT2D eigenvalue weighted by Crippen LogP contribution is -2.28. The second-order valence-corrected chi connectivity index (χ2v) is 5.41. The first-order chi connectivity index (χ1) is 7.91. The summed E-state index contributed by atoms with van der Waals surface area (Å²) < 4.78 is 0. The second-order valence-electron chi connectivity index (χ2n) is 5.41. The van der Waals surface area contributed by atoms with Crippen LogP contribution in [0.2, 0.25) is 0 Å². The minimum Gasteiger partial charge on any atom is -0.478 e. The minimum atomic E-state index is -0.863. The van der Waals surface area contributed by atoms with Gasteiger partial charge in [-0.1, -0.05) is 33.8 Å². The Labute approximate surface area is 106 Å². The van der Waals surface area contributed by atoms with E-state index in [-0.39, 0.29) is 0 Å². The highest BCUT2D eigenvalue weighted by atomic mass is 16.4. The van der Waals surface area contributed by atoms with Crippen LogP contribution in [0.5, 0.6) is 0 Å². The third kappa shape index (κ3) is 11.4. The number of carbonyl (C=O) groups is 1. The molecular formula is C14H27NO2. The first-order valence-electron chi connectivity index (χ1n) is 6.53. The zero-order valence-electron chi connectivity index (χ0n) is 11.6. The Kier molecular flexibility index (Phi) is 8.78. The van der Waals surface area contributed by atoms with Crippen LogP contribution in [0.25, 0.3) is 0 Å². The van der Waals surface area contributed by atoms with Crippen LogP contribution < -0.4 is 0 Å². The van der Waals surface area contributed by atoms with Gasteiger partial charge in [-0.05, 0) is 37.8 Å². The van der Waals surface area contributed by atoms with Gasteiger partial charge in [-0.2, -0.15) is 0 Å². The monoisotopic (exact) mass is 241 g/mol. The van der Waals surface area contributed by atoms with Crippen LogP contribution in [-0.2, 0) is 4.79 Å². The average molecular weight is 241 g/mol. The molecule has 0 spiro atoms. The zero-order valence-corrected chi connectivity index (χ0v) is 11.6. The maximum Gasteiger partial charge on any atom is 0.328 e. The molecular weight excluding hydrogens is 214 g/mol. The van der Waals surface area contributed by atoms with Gasteiger partial charge in [0.05, 0.1) is 0 Å². The van der Waals surface area contributed by atoms with E-state index in [1.54, 1.807) is 6.08 Å². The van der Waals surface area contributed by atoms with Gasteiger partial charge < -0.3 is 5.11 Å². The van der Waals surface area contributed by atoms with Crippen LogP contribution in [0, 0.1) is 11.8 Å². The van der Waals surface area contributed by atoms with Crippen molar-refractivity contribution in [1.82, 2.24) is 4.90 Å². The highest BCUT2D eigenvalue weighted by Gasteiger charge is 2.05. The van der Waals surface area contributed by atoms with Crippen molar-refractivity contribution in [3.8, 4) is 0 Å². The van der Waals surface area contributed by atoms with Gasteiger partial charge in [-0.25, -0.2) is 4.79 Å². The molecule has 3 heteroatoms. The van der Waals surface area contributed by atoms with Crippen LogP contribution in [-0.4, -0.2) is 35.6 Å². The Balaban J connectivity index is 4.05. The van der Waals surface area contributed by atoms with Crippen LogP contribution in [0.15, 0.2) is 12.2 Å². The normalized spacial score (nSPS) is 12.2. The molecule has 0 heterocycles. The number of rotatable bonds is 9. The molecule has 0 amide bonds. The molecule has 0 aliphatic rings. The maximum atomic E-state index is 10.4. The van der Waals surface area contributed by atoms with Gasteiger partial charge in [0.2, 0.25) is 0 Å².